The topological polar surface area (TPSA) is 87.6 Å². The van der Waals surface area contributed by atoms with E-state index in [2.05, 4.69) is 15.0 Å². The van der Waals surface area contributed by atoms with E-state index in [0.717, 1.165) is 0 Å². The number of hydrogen-bond donors (Lipinski definition) is 2. The number of nitrogens with one attached hydrogen (secondary N) is 2. The number of hydrogen-bond acceptors (Lipinski definition) is 4. The molecular weight excluding hydrogens is 397 g/mol. The highest BCUT2D eigenvalue weighted by molar-refractivity contribution is 7.90. The Labute approximate surface area is 161 Å². The Bertz CT molecular complexity index is 970. The van der Waals surface area contributed by atoms with Gasteiger partial charge in [-0.3, -0.25) is 4.79 Å². The van der Waals surface area contributed by atoms with Gasteiger partial charge in [0.05, 0.1) is 5.69 Å². The number of sulfonamides is 1. The van der Waals surface area contributed by atoms with Crippen molar-refractivity contribution in [2.75, 3.05) is 10.6 Å². The summed E-state index contributed by atoms with van der Waals surface area (Å²) in [6, 6.07) is 11.3. The van der Waals surface area contributed by atoms with Gasteiger partial charge in [0.25, 0.3) is 10.0 Å². The molecule has 3 rings (SSSR count). The molecule has 1 aliphatic rings. The smallest absolute Gasteiger partial charge is 0.286 e. The van der Waals surface area contributed by atoms with Crippen molar-refractivity contribution < 1.29 is 13.2 Å². The Kier molecular flexibility index (Phi) is 5.50. The van der Waals surface area contributed by atoms with Crippen molar-refractivity contribution in [2.45, 2.75) is 24.2 Å². The van der Waals surface area contributed by atoms with Crippen LogP contribution in [0.5, 0.6) is 0 Å². The fraction of sp³-hybridized carbons (Fsp3) is 0.176. The summed E-state index contributed by atoms with van der Waals surface area (Å²) >= 11 is 11.8. The van der Waals surface area contributed by atoms with E-state index < -0.39 is 10.0 Å². The number of rotatable bonds is 5. The van der Waals surface area contributed by atoms with E-state index >= 15 is 0 Å². The minimum absolute atomic E-state index is 0.152. The fourth-order valence-electron chi connectivity index (χ4n) is 2.54. The van der Waals surface area contributed by atoms with Crippen LogP contribution in [-0.2, 0) is 14.8 Å². The minimum atomic E-state index is -3.70. The van der Waals surface area contributed by atoms with Crippen LogP contribution in [0.4, 0.5) is 11.4 Å². The third kappa shape index (κ3) is 4.55. The second kappa shape index (κ2) is 7.65. The summed E-state index contributed by atoms with van der Waals surface area (Å²) in [5.74, 6) is 0.102. The number of carbonyl (C=O) groups excluding carboxylic acids is 1. The van der Waals surface area contributed by atoms with E-state index in [9.17, 15) is 13.2 Å². The Morgan fingerprint density at radius 2 is 1.81 bits per heavy atom. The Morgan fingerprint density at radius 1 is 1.12 bits per heavy atom. The number of nitrogens with zero attached hydrogens (tertiary/aromatic N) is 1. The lowest BCUT2D eigenvalue weighted by molar-refractivity contribution is -0.116. The quantitative estimate of drug-likeness (QED) is 0.766. The van der Waals surface area contributed by atoms with Crippen molar-refractivity contribution in [1.29, 1.82) is 0 Å². The standard InChI is InChI=1S/C17H15Cl2N3O3S/c18-11-8-12(19)10-13(9-11)20-17(23)7-3-6-16-21-14-4-1-2-5-15(14)26(24,25)22-16/h1-2,4-5,8-10H,3,6-7H2,(H,20,23)(H,21,22). The van der Waals surface area contributed by atoms with E-state index in [4.69, 9.17) is 23.2 Å². The fourth-order valence-corrected chi connectivity index (χ4v) is 4.24. The zero-order valence-corrected chi connectivity index (χ0v) is 15.8. The summed E-state index contributed by atoms with van der Waals surface area (Å²) in [7, 11) is -3.70. The van der Waals surface area contributed by atoms with Crippen molar-refractivity contribution in [3.63, 3.8) is 0 Å². The number of carbonyl (C=O) groups is 1. The van der Waals surface area contributed by atoms with Crippen LogP contribution in [0.15, 0.2) is 51.8 Å². The first-order chi connectivity index (χ1) is 12.3. The molecule has 136 valence electrons. The molecule has 0 aromatic heterocycles. The van der Waals surface area contributed by atoms with Gasteiger partial charge in [0.15, 0.2) is 0 Å². The largest absolute Gasteiger partial charge is 0.342 e. The van der Waals surface area contributed by atoms with Crippen LogP contribution >= 0.6 is 23.2 Å². The lowest BCUT2D eigenvalue weighted by atomic mass is 10.2. The normalized spacial score (nSPS) is 14.8. The maximum absolute atomic E-state index is 12.2. The highest BCUT2D eigenvalue weighted by Crippen LogP contribution is 2.27. The average Bonchev–Trinajstić information content (AvgIpc) is 2.53. The van der Waals surface area contributed by atoms with Gasteiger partial charge >= 0.3 is 0 Å². The first-order valence-electron chi connectivity index (χ1n) is 7.79. The maximum Gasteiger partial charge on any atom is 0.286 e. The Morgan fingerprint density at radius 3 is 2.54 bits per heavy atom. The molecule has 0 saturated heterocycles. The lowest BCUT2D eigenvalue weighted by Gasteiger charge is -2.17. The Balaban J connectivity index is 1.57. The summed E-state index contributed by atoms with van der Waals surface area (Å²) in [5, 5.41) is 6.56. The molecule has 26 heavy (non-hydrogen) atoms. The number of anilines is 2. The van der Waals surface area contributed by atoms with Crippen molar-refractivity contribution in [2.24, 2.45) is 4.40 Å². The van der Waals surface area contributed by atoms with Gasteiger partial charge in [-0.25, -0.2) is 0 Å². The van der Waals surface area contributed by atoms with Gasteiger partial charge in [0.2, 0.25) is 5.91 Å². The van der Waals surface area contributed by atoms with E-state index in [-0.39, 0.29) is 17.2 Å². The zero-order chi connectivity index (χ0) is 18.7. The predicted molar refractivity (Wildman–Crippen MR) is 104 cm³/mol. The number of halogens is 2. The molecule has 0 spiro atoms. The molecule has 0 aliphatic carbocycles. The molecule has 2 N–H and O–H groups in total. The molecule has 0 fully saturated rings. The molecule has 1 amide bonds. The third-order valence-corrected chi connectivity index (χ3v) is 5.45. The summed E-state index contributed by atoms with van der Waals surface area (Å²) in [5.41, 5.74) is 1.01. The monoisotopic (exact) mass is 411 g/mol. The van der Waals surface area contributed by atoms with Crippen LogP contribution < -0.4 is 10.6 Å². The first kappa shape index (κ1) is 18.7. The first-order valence-corrected chi connectivity index (χ1v) is 9.99. The lowest BCUT2D eigenvalue weighted by Crippen LogP contribution is -2.22. The van der Waals surface area contributed by atoms with Gasteiger partial charge in [0.1, 0.15) is 10.7 Å². The van der Waals surface area contributed by atoms with Crippen LogP contribution in [0, 0.1) is 0 Å². The summed E-state index contributed by atoms with van der Waals surface area (Å²) in [6.07, 6.45) is 0.966. The van der Waals surface area contributed by atoms with Gasteiger partial charge in [0, 0.05) is 28.6 Å². The highest BCUT2D eigenvalue weighted by atomic mass is 35.5. The molecular formula is C17H15Cl2N3O3S. The Hall–Kier alpha value is -2.09. The van der Waals surface area contributed by atoms with Gasteiger partial charge < -0.3 is 10.6 Å². The maximum atomic E-state index is 12.2. The highest BCUT2D eigenvalue weighted by Gasteiger charge is 2.23. The van der Waals surface area contributed by atoms with E-state index in [1.807, 2.05) is 0 Å². The minimum Gasteiger partial charge on any atom is -0.342 e. The molecule has 2 aromatic carbocycles. The van der Waals surface area contributed by atoms with Crippen LogP contribution in [0.3, 0.4) is 0 Å². The number of amidine groups is 1. The van der Waals surface area contributed by atoms with E-state index in [1.165, 1.54) is 6.07 Å². The second-order valence-corrected chi connectivity index (χ2v) is 8.14. The van der Waals surface area contributed by atoms with Crippen molar-refractivity contribution in [3.05, 3.63) is 52.5 Å². The van der Waals surface area contributed by atoms with Gasteiger partial charge in [-0.2, -0.15) is 8.42 Å². The third-order valence-electron chi connectivity index (χ3n) is 3.64. The number of para-hydroxylation sites is 1. The van der Waals surface area contributed by atoms with Crippen LogP contribution in [0.25, 0.3) is 0 Å². The number of fused-ring (bicyclic) bond motifs is 1. The average molecular weight is 412 g/mol. The summed E-state index contributed by atoms with van der Waals surface area (Å²) in [4.78, 5) is 12.2. The second-order valence-electron chi connectivity index (χ2n) is 5.69. The van der Waals surface area contributed by atoms with Gasteiger partial charge in [-0.1, -0.05) is 35.3 Å². The molecule has 0 saturated carbocycles. The molecule has 1 aliphatic heterocycles. The van der Waals surface area contributed by atoms with Crippen molar-refractivity contribution in [1.82, 2.24) is 0 Å². The molecule has 9 heteroatoms. The zero-order valence-electron chi connectivity index (χ0n) is 13.5. The molecule has 6 nitrogen and oxygen atoms in total. The molecule has 1 heterocycles. The summed E-state index contributed by atoms with van der Waals surface area (Å²) in [6.45, 7) is 0. The molecule has 0 atom stereocenters. The van der Waals surface area contributed by atoms with Gasteiger partial charge in [-0.05, 0) is 36.8 Å². The van der Waals surface area contributed by atoms with E-state index in [0.29, 0.717) is 40.1 Å². The van der Waals surface area contributed by atoms with Crippen molar-refractivity contribution >= 4 is 56.3 Å². The number of benzene rings is 2. The SMILES string of the molecule is O=C(CCCC1=NS(=O)(=O)c2ccccc2N1)Nc1cc(Cl)cc(Cl)c1. The predicted octanol–water partition coefficient (Wildman–Crippen LogP) is 4.32. The number of amides is 1. The van der Waals surface area contributed by atoms with E-state index in [1.54, 1.807) is 36.4 Å². The molecule has 0 unspecified atom stereocenters. The van der Waals surface area contributed by atoms with Crippen LogP contribution in [0.2, 0.25) is 10.0 Å². The summed E-state index contributed by atoms with van der Waals surface area (Å²) < 4.78 is 28.1. The molecule has 0 radical (unpaired) electrons. The molecule has 0 bridgehead atoms. The van der Waals surface area contributed by atoms with Gasteiger partial charge in [-0.15, -0.1) is 4.40 Å². The van der Waals surface area contributed by atoms with Crippen LogP contribution in [-0.4, -0.2) is 20.2 Å². The van der Waals surface area contributed by atoms with Crippen LogP contribution in [0.1, 0.15) is 19.3 Å². The van der Waals surface area contributed by atoms with Crippen molar-refractivity contribution in [3.8, 4) is 0 Å². The molecule has 2 aromatic rings.